The van der Waals surface area contributed by atoms with Gasteiger partial charge in [0.2, 0.25) is 0 Å². The van der Waals surface area contributed by atoms with Crippen molar-refractivity contribution in [3.8, 4) is 0 Å². The van der Waals surface area contributed by atoms with E-state index in [1.54, 1.807) is 0 Å². The summed E-state index contributed by atoms with van der Waals surface area (Å²) in [6.45, 7) is 19.3. The number of hydrogen-bond donors (Lipinski definition) is 0. The summed E-state index contributed by atoms with van der Waals surface area (Å²) in [6, 6.07) is 0. The van der Waals surface area contributed by atoms with E-state index in [0.29, 0.717) is 0 Å². The monoisotopic (exact) mass is 466 g/mol. The Kier molecular flexibility index (Phi) is 19.3. The van der Waals surface area contributed by atoms with Crippen LogP contribution in [0.3, 0.4) is 0 Å². The molecular formula is C33H54O. The Labute approximate surface area is 212 Å². The Hall–Kier alpha value is -1.89. The molecule has 1 nitrogen and oxygen atoms in total. The van der Waals surface area contributed by atoms with Crippen LogP contribution in [0, 0.1) is 5.92 Å². The van der Waals surface area contributed by atoms with Gasteiger partial charge in [0.1, 0.15) is 6.29 Å². The van der Waals surface area contributed by atoms with Crippen molar-refractivity contribution in [1.29, 1.82) is 0 Å². The highest BCUT2D eigenvalue weighted by molar-refractivity contribution is 5.54. The van der Waals surface area contributed by atoms with Crippen molar-refractivity contribution in [3.05, 3.63) is 70.4 Å². The van der Waals surface area contributed by atoms with Gasteiger partial charge in [-0.2, -0.15) is 0 Å². The highest BCUT2D eigenvalue weighted by atomic mass is 16.1. The third kappa shape index (κ3) is 19.6. The largest absolute Gasteiger partial charge is 0.303 e. The van der Waals surface area contributed by atoms with Crippen LogP contribution in [-0.4, -0.2) is 6.29 Å². The van der Waals surface area contributed by atoms with E-state index in [1.807, 2.05) is 0 Å². The molecule has 0 aromatic rings. The second kappa shape index (κ2) is 20.5. The maximum atomic E-state index is 10.8. The standard InChI is InChI=1S/C18H28O.C15H26/c1-15(2)7-4-8-16(3)9-5-10-17-11-6-12-18(13-17)14-19;1-6-14(4)10-8-12-15(5)11-7-9-13(2)3/h7,9,11,14,18H,4-6,8,10,12-13H2,1-3H3;9,12H,4,6-8,10-11H2,1-3,5H3/b16-9+;15-12+. The zero-order valence-electron chi connectivity index (χ0n) is 23.6. The topological polar surface area (TPSA) is 17.1 Å². The van der Waals surface area contributed by atoms with E-state index in [0.717, 1.165) is 64.1 Å². The molecule has 0 bridgehead atoms. The van der Waals surface area contributed by atoms with Crippen LogP contribution >= 0.6 is 0 Å². The van der Waals surface area contributed by atoms with E-state index in [2.05, 4.69) is 85.4 Å². The average Bonchev–Trinajstić information content (AvgIpc) is 2.79. The highest BCUT2D eigenvalue weighted by Crippen LogP contribution is 2.26. The molecule has 1 atom stereocenters. The molecule has 0 fully saturated rings. The molecule has 34 heavy (non-hydrogen) atoms. The van der Waals surface area contributed by atoms with E-state index in [1.165, 1.54) is 52.7 Å². The Morgan fingerprint density at radius 2 is 1.38 bits per heavy atom. The fourth-order valence-electron chi connectivity index (χ4n) is 3.93. The van der Waals surface area contributed by atoms with Gasteiger partial charge in [-0.05, 0) is 119 Å². The minimum absolute atomic E-state index is 0.280. The maximum Gasteiger partial charge on any atom is 0.123 e. The molecule has 1 aliphatic carbocycles. The first-order valence-electron chi connectivity index (χ1n) is 13.6. The Morgan fingerprint density at radius 1 is 0.853 bits per heavy atom. The Balaban J connectivity index is 0.000000661. The van der Waals surface area contributed by atoms with Crippen molar-refractivity contribution >= 4 is 6.29 Å². The molecule has 0 aliphatic heterocycles. The molecular weight excluding hydrogens is 412 g/mol. The molecule has 1 heteroatoms. The van der Waals surface area contributed by atoms with Gasteiger partial charge in [0.25, 0.3) is 0 Å². The Morgan fingerprint density at radius 3 is 1.88 bits per heavy atom. The summed E-state index contributed by atoms with van der Waals surface area (Å²) in [5.74, 6) is 0.280. The number of carbonyl (C=O) groups is 1. The summed E-state index contributed by atoms with van der Waals surface area (Å²) in [4.78, 5) is 10.8. The van der Waals surface area contributed by atoms with Gasteiger partial charge in [0.15, 0.2) is 0 Å². The van der Waals surface area contributed by atoms with Gasteiger partial charge < -0.3 is 4.79 Å². The van der Waals surface area contributed by atoms with Gasteiger partial charge in [-0.3, -0.25) is 0 Å². The molecule has 1 rings (SSSR count). The number of allylic oxidation sites excluding steroid dienone is 11. The van der Waals surface area contributed by atoms with Crippen LogP contribution in [0.5, 0.6) is 0 Å². The molecule has 0 aromatic carbocycles. The molecule has 1 unspecified atom stereocenters. The van der Waals surface area contributed by atoms with Crippen LogP contribution in [0.1, 0.15) is 126 Å². The minimum atomic E-state index is 0.280. The summed E-state index contributed by atoms with van der Waals surface area (Å²) < 4.78 is 0. The second-order valence-corrected chi connectivity index (χ2v) is 10.5. The molecule has 192 valence electrons. The first-order valence-corrected chi connectivity index (χ1v) is 13.6. The summed E-state index contributed by atoms with van der Waals surface area (Å²) in [5, 5.41) is 0. The first-order chi connectivity index (χ1) is 16.2. The number of hydrogen-bond acceptors (Lipinski definition) is 1. The molecule has 1 aliphatic rings. The summed E-state index contributed by atoms with van der Waals surface area (Å²) in [7, 11) is 0. The summed E-state index contributed by atoms with van der Waals surface area (Å²) in [5.41, 5.74) is 8.67. The van der Waals surface area contributed by atoms with E-state index in [-0.39, 0.29) is 5.92 Å². The summed E-state index contributed by atoms with van der Waals surface area (Å²) in [6.07, 6.45) is 26.3. The molecule has 0 N–H and O–H groups in total. The van der Waals surface area contributed by atoms with E-state index >= 15 is 0 Å². The zero-order valence-corrected chi connectivity index (χ0v) is 23.6. The minimum Gasteiger partial charge on any atom is -0.303 e. The molecule has 0 saturated carbocycles. The van der Waals surface area contributed by atoms with Crippen molar-refractivity contribution in [2.45, 2.75) is 126 Å². The van der Waals surface area contributed by atoms with Crippen LogP contribution in [0.2, 0.25) is 0 Å². The van der Waals surface area contributed by atoms with Crippen molar-refractivity contribution < 1.29 is 4.79 Å². The van der Waals surface area contributed by atoms with Gasteiger partial charge in [0.05, 0.1) is 0 Å². The van der Waals surface area contributed by atoms with Crippen LogP contribution in [0.4, 0.5) is 0 Å². The number of aldehydes is 1. The number of rotatable bonds is 14. The van der Waals surface area contributed by atoms with Crippen molar-refractivity contribution in [1.82, 2.24) is 0 Å². The van der Waals surface area contributed by atoms with Crippen LogP contribution in [0.25, 0.3) is 0 Å². The molecule has 0 radical (unpaired) electrons. The van der Waals surface area contributed by atoms with E-state index in [9.17, 15) is 4.79 Å². The van der Waals surface area contributed by atoms with Crippen LogP contribution in [0.15, 0.2) is 70.4 Å². The lowest BCUT2D eigenvalue weighted by Gasteiger charge is -2.17. The first kappa shape index (κ1) is 32.1. The van der Waals surface area contributed by atoms with Gasteiger partial charge in [-0.1, -0.05) is 77.3 Å². The predicted molar refractivity (Wildman–Crippen MR) is 154 cm³/mol. The van der Waals surface area contributed by atoms with Gasteiger partial charge in [-0.15, -0.1) is 0 Å². The fourth-order valence-corrected chi connectivity index (χ4v) is 3.93. The number of carbonyl (C=O) groups excluding carboxylic acids is 1. The lowest BCUT2D eigenvalue weighted by molar-refractivity contribution is -0.111. The predicted octanol–water partition coefficient (Wildman–Crippen LogP) is 10.8. The molecule has 0 spiro atoms. The fraction of sp³-hybridized carbons (Fsp3) is 0.606. The molecule has 0 saturated heterocycles. The molecule has 0 heterocycles. The SMILES string of the molecule is C=C(CC)CC/C=C(\C)CCC=C(C)C.CC(C)=CCC/C(C)=C/CCC1=CCCC(C=O)C1. The third-order valence-electron chi connectivity index (χ3n) is 6.32. The second-order valence-electron chi connectivity index (χ2n) is 10.5. The van der Waals surface area contributed by atoms with Crippen molar-refractivity contribution in [2.24, 2.45) is 5.92 Å². The van der Waals surface area contributed by atoms with Gasteiger partial charge in [0, 0.05) is 5.92 Å². The van der Waals surface area contributed by atoms with Crippen LogP contribution < -0.4 is 0 Å². The lowest BCUT2D eigenvalue weighted by atomic mass is 9.88. The third-order valence-corrected chi connectivity index (χ3v) is 6.32. The maximum absolute atomic E-state index is 10.8. The normalized spacial score (nSPS) is 16.1. The Bertz CT molecular complexity index is 731. The van der Waals surface area contributed by atoms with Gasteiger partial charge >= 0.3 is 0 Å². The van der Waals surface area contributed by atoms with E-state index in [4.69, 9.17) is 0 Å². The van der Waals surface area contributed by atoms with Crippen molar-refractivity contribution in [2.75, 3.05) is 0 Å². The van der Waals surface area contributed by atoms with Crippen LogP contribution in [-0.2, 0) is 4.79 Å². The van der Waals surface area contributed by atoms with Crippen molar-refractivity contribution in [3.63, 3.8) is 0 Å². The van der Waals surface area contributed by atoms with E-state index < -0.39 is 0 Å². The highest BCUT2D eigenvalue weighted by Gasteiger charge is 2.13. The zero-order chi connectivity index (χ0) is 25.8. The molecule has 0 amide bonds. The average molecular weight is 467 g/mol. The smallest absolute Gasteiger partial charge is 0.123 e. The summed E-state index contributed by atoms with van der Waals surface area (Å²) >= 11 is 0. The van der Waals surface area contributed by atoms with Gasteiger partial charge in [-0.25, -0.2) is 0 Å². The quantitative estimate of drug-likeness (QED) is 0.184. The molecule has 0 aromatic heterocycles. The lowest BCUT2D eigenvalue weighted by Crippen LogP contribution is -2.07.